The van der Waals surface area contributed by atoms with Crippen molar-refractivity contribution in [2.45, 2.75) is 50.6 Å². The molecule has 1 aromatic carbocycles. The van der Waals surface area contributed by atoms with Crippen LogP contribution in [0.15, 0.2) is 24.3 Å². The number of amides is 3. The molecule has 3 aliphatic heterocycles. The number of hydrogen-bond acceptors (Lipinski definition) is 4. The normalized spacial score (nSPS) is 23.7. The number of carbonyl (C=O) groups excluding carboxylic acids is 2. The smallest absolute Gasteiger partial charge is 0.319 e. The van der Waals surface area contributed by atoms with Gasteiger partial charge in [-0.25, -0.2) is 4.79 Å². The van der Waals surface area contributed by atoms with Gasteiger partial charge in [-0.3, -0.25) is 4.79 Å². The summed E-state index contributed by atoms with van der Waals surface area (Å²) in [5.74, 6) is 0.0337. The first-order valence-electron chi connectivity index (χ1n) is 10.5. The fraction of sp³-hybridized carbons (Fsp3) is 0.619. The minimum atomic E-state index is -0.440. The predicted octanol–water partition coefficient (Wildman–Crippen LogP) is 2.58. The highest BCUT2D eigenvalue weighted by Gasteiger charge is 2.37. The van der Waals surface area contributed by atoms with Gasteiger partial charge in [0, 0.05) is 38.9 Å². The quantitative estimate of drug-likeness (QED) is 0.834. The molecule has 3 fully saturated rings. The fourth-order valence-electron chi connectivity index (χ4n) is 4.50. The van der Waals surface area contributed by atoms with E-state index in [9.17, 15) is 9.59 Å². The molecule has 1 atom stereocenters. The molecule has 2 N–H and O–H groups in total. The topological polar surface area (TPSA) is 73.9 Å². The van der Waals surface area contributed by atoms with Crippen LogP contribution in [0, 0.1) is 0 Å². The van der Waals surface area contributed by atoms with E-state index in [2.05, 4.69) is 21.6 Å². The highest BCUT2D eigenvalue weighted by molar-refractivity contribution is 5.96. The number of hydrogen-bond donors (Lipinski definition) is 2. The third-order valence-corrected chi connectivity index (χ3v) is 6.03. The number of anilines is 2. The second-order valence-electron chi connectivity index (χ2n) is 7.88. The second-order valence-corrected chi connectivity index (χ2v) is 7.88. The van der Waals surface area contributed by atoms with Crippen molar-refractivity contribution in [1.82, 2.24) is 10.2 Å². The van der Waals surface area contributed by atoms with Crippen LogP contribution in [-0.4, -0.2) is 61.8 Å². The van der Waals surface area contributed by atoms with E-state index in [1.807, 2.05) is 23.1 Å². The SMILES string of the molecule is O=C(Nc1ccccc1N1CCCCC1)NC1CCN(C2CCOCC2)C1=O. The molecule has 0 spiro atoms. The predicted molar refractivity (Wildman–Crippen MR) is 109 cm³/mol. The Kier molecular flexibility index (Phi) is 6.00. The molecule has 3 aliphatic rings. The second kappa shape index (κ2) is 8.82. The Balaban J connectivity index is 1.35. The summed E-state index contributed by atoms with van der Waals surface area (Å²) in [5.41, 5.74) is 1.85. The van der Waals surface area contributed by atoms with E-state index in [0.717, 1.165) is 37.3 Å². The van der Waals surface area contributed by atoms with Crippen LogP contribution in [0.5, 0.6) is 0 Å². The van der Waals surface area contributed by atoms with Crippen molar-refractivity contribution in [1.29, 1.82) is 0 Å². The van der Waals surface area contributed by atoms with E-state index in [4.69, 9.17) is 4.74 Å². The third kappa shape index (κ3) is 4.24. The molecule has 0 bridgehead atoms. The lowest BCUT2D eigenvalue weighted by Gasteiger charge is -2.31. The van der Waals surface area contributed by atoms with E-state index in [-0.39, 0.29) is 18.0 Å². The Morgan fingerprint density at radius 1 is 1.00 bits per heavy atom. The van der Waals surface area contributed by atoms with Crippen LogP contribution in [0.2, 0.25) is 0 Å². The molecule has 0 aliphatic carbocycles. The molecule has 0 saturated carbocycles. The minimum Gasteiger partial charge on any atom is -0.381 e. The van der Waals surface area contributed by atoms with E-state index < -0.39 is 6.04 Å². The van der Waals surface area contributed by atoms with Gasteiger partial charge in [-0.1, -0.05) is 12.1 Å². The summed E-state index contributed by atoms with van der Waals surface area (Å²) in [7, 11) is 0. The monoisotopic (exact) mass is 386 g/mol. The molecule has 28 heavy (non-hydrogen) atoms. The van der Waals surface area contributed by atoms with Crippen LogP contribution in [0.4, 0.5) is 16.2 Å². The van der Waals surface area contributed by atoms with Crippen LogP contribution in [0.1, 0.15) is 38.5 Å². The maximum Gasteiger partial charge on any atom is 0.319 e. The number of nitrogens with zero attached hydrogens (tertiary/aromatic N) is 2. The first-order chi connectivity index (χ1) is 13.7. The third-order valence-electron chi connectivity index (χ3n) is 6.03. The zero-order valence-electron chi connectivity index (χ0n) is 16.4. The molecule has 4 rings (SSSR count). The van der Waals surface area contributed by atoms with Gasteiger partial charge in [0.15, 0.2) is 0 Å². The van der Waals surface area contributed by atoms with Gasteiger partial charge in [0.2, 0.25) is 5.91 Å². The van der Waals surface area contributed by atoms with Crippen LogP contribution in [0.3, 0.4) is 0 Å². The fourth-order valence-corrected chi connectivity index (χ4v) is 4.50. The largest absolute Gasteiger partial charge is 0.381 e. The van der Waals surface area contributed by atoms with Crippen molar-refractivity contribution in [2.24, 2.45) is 0 Å². The lowest BCUT2D eigenvalue weighted by Crippen LogP contribution is -2.47. The first-order valence-corrected chi connectivity index (χ1v) is 10.5. The first kappa shape index (κ1) is 19.1. The highest BCUT2D eigenvalue weighted by Crippen LogP contribution is 2.28. The number of rotatable bonds is 4. The molecule has 152 valence electrons. The van der Waals surface area contributed by atoms with Crippen LogP contribution < -0.4 is 15.5 Å². The molecule has 3 heterocycles. The Hall–Kier alpha value is -2.28. The minimum absolute atomic E-state index is 0.0337. The average Bonchev–Trinajstić information content (AvgIpc) is 3.10. The standard InChI is InChI=1S/C21H30N4O3/c26-20-18(8-13-25(20)16-9-14-28-15-10-16)23-21(27)22-17-6-2-3-7-19(17)24-11-4-1-5-12-24/h2-3,6-7,16,18H,1,4-5,8-15H2,(H2,22,23,27). The van der Waals surface area contributed by atoms with Crippen molar-refractivity contribution in [3.63, 3.8) is 0 Å². The van der Waals surface area contributed by atoms with E-state index in [1.165, 1.54) is 19.3 Å². The number of piperidine rings is 1. The van der Waals surface area contributed by atoms with E-state index >= 15 is 0 Å². The Labute approximate surface area is 166 Å². The number of para-hydroxylation sites is 2. The van der Waals surface area contributed by atoms with Crippen molar-refractivity contribution in [3.8, 4) is 0 Å². The molecule has 7 nitrogen and oxygen atoms in total. The molecule has 1 unspecified atom stereocenters. The maximum absolute atomic E-state index is 12.7. The summed E-state index contributed by atoms with van der Waals surface area (Å²) in [6.45, 7) is 4.16. The summed E-state index contributed by atoms with van der Waals surface area (Å²) in [5, 5.41) is 5.85. The number of nitrogens with one attached hydrogen (secondary N) is 2. The number of carbonyl (C=O) groups is 2. The summed E-state index contributed by atoms with van der Waals surface area (Å²) in [4.78, 5) is 29.6. The summed E-state index contributed by atoms with van der Waals surface area (Å²) < 4.78 is 5.39. The lowest BCUT2D eigenvalue weighted by atomic mass is 10.1. The van der Waals surface area contributed by atoms with E-state index in [0.29, 0.717) is 26.2 Å². The molecule has 3 saturated heterocycles. The van der Waals surface area contributed by atoms with Gasteiger partial charge in [-0.2, -0.15) is 0 Å². The molecular weight excluding hydrogens is 356 g/mol. The molecule has 0 radical (unpaired) electrons. The maximum atomic E-state index is 12.7. The molecule has 7 heteroatoms. The molecule has 3 amide bonds. The van der Waals surface area contributed by atoms with Crippen molar-refractivity contribution in [2.75, 3.05) is 43.1 Å². The van der Waals surface area contributed by atoms with Gasteiger partial charge in [-0.05, 0) is 50.7 Å². The van der Waals surface area contributed by atoms with Crippen molar-refractivity contribution < 1.29 is 14.3 Å². The van der Waals surface area contributed by atoms with Gasteiger partial charge in [0.1, 0.15) is 6.04 Å². The zero-order valence-corrected chi connectivity index (χ0v) is 16.4. The van der Waals surface area contributed by atoms with Gasteiger partial charge in [-0.15, -0.1) is 0 Å². The van der Waals surface area contributed by atoms with Gasteiger partial charge in [0.25, 0.3) is 0 Å². The molecular formula is C21H30N4O3. The van der Waals surface area contributed by atoms with Gasteiger partial charge in [0.05, 0.1) is 11.4 Å². The highest BCUT2D eigenvalue weighted by atomic mass is 16.5. The van der Waals surface area contributed by atoms with Crippen LogP contribution in [-0.2, 0) is 9.53 Å². The van der Waals surface area contributed by atoms with Gasteiger partial charge < -0.3 is 25.2 Å². The van der Waals surface area contributed by atoms with Crippen LogP contribution >= 0.6 is 0 Å². The summed E-state index contributed by atoms with van der Waals surface area (Å²) >= 11 is 0. The summed E-state index contributed by atoms with van der Waals surface area (Å²) in [6, 6.07) is 7.40. The molecule has 1 aromatic rings. The zero-order chi connectivity index (χ0) is 19.3. The van der Waals surface area contributed by atoms with E-state index in [1.54, 1.807) is 0 Å². The average molecular weight is 386 g/mol. The van der Waals surface area contributed by atoms with Crippen molar-refractivity contribution in [3.05, 3.63) is 24.3 Å². The lowest BCUT2D eigenvalue weighted by molar-refractivity contribution is -0.132. The van der Waals surface area contributed by atoms with Crippen molar-refractivity contribution >= 4 is 23.3 Å². The van der Waals surface area contributed by atoms with Crippen LogP contribution in [0.25, 0.3) is 0 Å². The Morgan fingerprint density at radius 2 is 1.75 bits per heavy atom. The van der Waals surface area contributed by atoms with Gasteiger partial charge >= 0.3 is 6.03 Å². The number of likely N-dealkylation sites (tertiary alicyclic amines) is 1. The Morgan fingerprint density at radius 3 is 2.54 bits per heavy atom. The number of benzene rings is 1. The Bertz CT molecular complexity index is 699. The molecule has 0 aromatic heterocycles. The number of ether oxygens (including phenoxy) is 1. The summed E-state index contributed by atoms with van der Waals surface area (Å²) in [6.07, 6.45) is 6.05. The number of urea groups is 1.